The molecule has 0 amide bonds. The van der Waals surface area contributed by atoms with Crippen LogP contribution in [0.5, 0.6) is 11.5 Å². The number of phenols is 1. The third-order valence-corrected chi connectivity index (χ3v) is 4.48. The van der Waals surface area contributed by atoms with Crippen LogP contribution in [0, 0.1) is 5.92 Å². The average molecular weight is 292 g/mol. The summed E-state index contributed by atoms with van der Waals surface area (Å²) in [5.41, 5.74) is 7.67. The van der Waals surface area contributed by atoms with E-state index in [9.17, 15) is 5.11 Å². The Hall–Kier alpha value is -1.26. The van der Waals surface area contributed by atoms with Gasteiger partial charge in [0.15, 0.2) is 0 Å². The van der Waals surface area contributed by atoms with Gasteiger partial charge in [-0.1, -0.05) is 20.8 Å². The summed E-state index contributed by atoms with van der Waals surface area (Å²) in [6.45, 7) is 7.97. The summed E-state index contributed by atoms with van der Waals surface area (Å²) in [5, 5.41) is 10.4. The largest absolute Gasteiger partial charge is 0.508 e. The number of nitrogens with zero attached hydrogens (tertiary/aromatic N) is 1. The molecule has 1 heterocycles. The number of benzene rings is 1. The molecule has 0 aromatic heterocycles. The van der Waals surface area contributed by atoms with Crippen molar-refractivity contribution in [2.75, 3.05) is 27.2 Å². The minimum absolute atomic E-state index is 0.114. The molecule has 4 heteroatoms. The molecule has 4 nitrogen and oxygen atoms in total. The highest BCUT2D eigenvalue weighted by Gasteiger charge is 2.33. The third kappa shape index (κ3) is 3.16. The van der Waals surface area contributed by atoms with Crippen LogP contribution in [0.2, 0.25) is 0 Å². The molecule has 0 spiro atoms. The summed E-state index contributed by atoms with van der Waals surface area (Å²) in [5.74, 6) is 1.71. The van der Waals surface area contributed by atoms with E-state index in [0.717, 1.165) is 29.8 Å². The number of likely N-dealkylation sites (tertiary alicyclic amines) is 1. The molecule has 0 aliphatic carbocycles. The zero-order valence-electron chi connectivity index (χ0n) is 13.8. The number of nitrogens with two attached hydrogens (primary N) is 1. The molecular formula is C17H28N2O2. The number of methoxy groups -OCH3 is 1. The van der Waals surface area contributed by atoms with Crippen molar-refractivity contribution in [3.05, 3.63) is 23.3 Å². The molecule has 0 radical (unpaired) electrons. The van der Waals surface area contributed by atoms with E-state index in [4.69, 9.17) is 10.5 Å². The fraction of sp³-hybridized carbons (Fsp3) is 0.647. The van der Waals surface area contributed by atoms with Crippen molar-refractivity contribution >= 4 is 0 Å². The molecule has 1 aromatic carbocycles. The molecule has 0 saturated carbocycles. The van der Waals surface area contributed by atoms with Crippen LogP contribution < -0.4 is 10.5 Å². The maximum Gasteiger partial charge on any atom is 0.124 e. The zero-order valence-corrected chi connectivity index (χ0v) is 13.8. The van der Waals surface area contributed by atoms with Crippen LogP contribution in [0.3, 0.4) is 0 Å². The van der Waals surface area contributed by atoms with Crippen LogP contribution >= 0.6 is 0 Å². The van der Waals surface area contributed by atoms with Gasteiger partial charge in [-0.15, -0.1) is 0 Å². The molecule has 1 fully saturated rings. The lowest BCUT2D eigenvalue weighted by molar-refractivity contribution is 0.301. The average Bonchev–Trinajstić information content (AvgIpc) is 2.78. The highest BCUT2D eigenvalue weighted by Crippen LogP contribution is 2.43. The van der Waals surface area contributed by atoms with Crippen molar-refractivity contribution in [3.8, 4) is 11.5 Å². The van der Waals surface area contributed by atoms with Gasteiger partial charge in [-0.05, 0) is 43.5 Å². The summed E-state index contributed by atoms with van der Waals surface area (Å²) >= 11 is 0. The fourth-order valence-electron chi connectivity index (χ4n) is 3.26. The van der Waals surface area contributed by atoms with Crippen molar-refractivity contribution in [1.29, 1.82) is 0 Å². The molecular weight excluding hydrogens is 264 g/mol. The number of hydrogen-bond donors (Lipinski definition) is 2. The molecule has 1 aliphatic rings. The maximum atomic E-state index is 10.4. The van der Waals surface area contributed by atoms with Gasteiger partial charge in [0.05, 0.1) is 7.11 Å². The first-order valence-electron chi connectivity index (χ1n) is 7.59. The number of ether oxygens (including phenoxy) is 1. The maximum absolute atomic E-state index is 10.4. The van der Waals surface area contributed by atoms with Crippen molar-refractivity contribution in [2.45, 2.75) is 38.6 Å². The summed E-state index contributed by atoms with van der Waals surface area (Å²) < 4.78 is 5.60. The number of aromatic hydroxyl groups is 1. The SMILES string of the molecule is COc1cc(C(C)(C)C)c(O)cc1C1CC(CN)CN1C. The quantitative estimate of drug-likeness (QED) is 0.899. The zero-order chi connectivity index (χ0) is 15.8. The smallest absolute Gasteiger partial charge is 0.124 e. The van der Waals surface area contributed by atoms with Crippen LogP contribution in [-0.4, -0.2) is 37.3 Å². The van der Waals surface area contributed by atoms with E-state index in [0.29, 0.717) is 18.2 Å². The number of phenolic OH excluding ortho intramolecular Hbond substituents is 1. The van der Waals surface area contributed by atoms with E-state index < -0.39 is 0 Å². The summed E-state index contributed by atoms with van der Waals surface area (Å²) in [6, 6.07) is 4.11. The summed E-state index contributed by atoms with van der Waals surface area (Å²) in [6.07, 6.45) is 1.01. The van der Waals surface area contributed by atoms with Crippen molar-refractivity contribution < 1.29 is 9.84 Å². The van der Waals surface area contributed by atoms with Gasteiger partial charge in [-0.3, -0.25) is 4.90 Å². The minimum atomic E-state index is -0.114. The van der Waals surface area contributed by atoms with Crippen molar-refractivity contribution in [1.82, 2.24) is 4.90 Å². The van der Waals surface area contributed by atoms with Crippen LogP contribution in [0.15, 0.2) is 12.1 Å². The minimum Gasteiger partial charge on any atom is -0.508 e. The van der Waals surface area contributed by atoms with E-state index in [1.807, 2.05) is 12.1 Å². The Morgan fingerprint density at radius 1 is 1.38 bits per heavy atom. The van der Waals surface area contributed by atoms with E-state index in [1.54, 1.807) is 7.11 Å². The van der Waals surface area contributed by atoms with Gasteiger partial charge in [-0.2, -0.15) is 0 Å². The van der Waals surface area contributed by atoms with Gasteiger partial charge in [0.2, 0.25) is 0 Å². The molecule has 2 unspecified atom stereocenters. The Balaban J connectivity index is 2.43. The highest BCUT2D eigenvalue weighted by molar-refractivity contribution is 5.50. The molecule has 1 saturated heterocycles. The Labute approximate surface area is 127 Å². The first-order chi connectivity index (χ1) is 9.77. The molecule has 1 aromatic rings. The lowest BCUT2D eigenvalue weighted by atomic mass is 9.84. The second kappa shape index (κ2) is 5.85. The molecule has 3 N–H and O–H groups in total. The molecule has 1 aliphatic heterocycles. The van der Waals surface area contributed by atoms with Crippen LogP contribution in [-0.2, 0) is 5.41 Å². The first kappa shape index (κ1) is 16.1. The van der Waals surface area contributed by atoms with Crippen molar-refractivity contribution in [2.24, 2.45) is 11.7 Å². The normalized spacial score (nSPS) is 23.5. The van der Waals surface area contributed by atoms with Gasteiger partial charge in [0.25, 0.3) is 0 Å². The Kier molecular flexibility index (Phi) is 4.49. The first-order valence-corrected chi connectivity index (χ1v) is 7.59. The molecule has 0 bridgehead atoms. The predicted octanol–water partition coefficient (Wildman–Crippen LogP) is 2.65. The van der Waals surface area contributed by atoms with Gasteiger partial charge in [0.1, 0.15) is 11.5 Å². The van der Waals surface area contributed by atoms with E-state index in [1.165, 1.54) is 0 Å². The molecule has 21 heavy (non-hydrogen) atoms. The van der Waals surface area contributed by atoms with E-state index in [2.05, 4.69) is 32.7 Å². The lowest BCUT2D eigenvalue weighted by Crippen LogP contribution is -2.21. The fourth-order valence-corrected chi connectivity index (χ4v) is 3.26. The monoisotopic (exact) mass is 292 g/mol. The van der Waals surface area contributed by atoms with Gasteiger partial charge >= 0.3 is 0 Å². The second-order valence-corrected chi connectivity index (χ2v) is 7.15. The van der Waals surface area contributed by atoms with Crippen LogP contribution in [0.25, 0.3) is 0 Å². The standard InChI is InChI=1S/C17H28N2O2/c1-17(2,3)13-8-16(21-5)12(7-15(13)20)14-6-11(9-18)10-19(14)4/h7-8,11,14,20H,6,9-10,18H2,1-5H3. The van der Waals surface area contributed by atoms with Crippen LogP contribution in [0.1, 0.15) is 44.4 Å². The molecule has 2 rings (SSSR count). The Morgan fingerprint density at radius 2 is 2.05 bits per heavy atom. The predicted molar refractivity (Wildman–Crippen MR) is 85.9 cm³/mol. The highest BCUT2D eigenvalue weighted by atomic mass is 16.5. The lowest BCUT2D eigenvalue weighted by Gasteiger charge is -2.26. The summed E-state index contributed by atoms with van der Waals surface area (Å²) in [4.78, 5) is 2.30. The van der Waals surface area contributed by atoms with Gasteiger partial charge in [0, 0.05) is 23.7 Å². The number of rotatable bonds is 3. The van der Waals surface area contributed by atoms with E-state index in [-0.39, 0.29) is 11.5 Å². The Morgan fingerprint density at radius 3 is 2.52 bits per heavy atom. The van der Waals surface area contributed by atoms with E-state index >= 15 is 0 Å². The second-order valence-electron chi connectivity index (χ2n) is 7.15. The van der Waals surface area contributed by atoms with Crippen molar-refractivity contribution in [3.63, 3.8) is 0 Å². The molecule has 2 atom stereocenters. The molecule has 118 valence electrons. The Bertz CT molecular complexity index is 508. The van der Waals surface area contributed by atoms with Gasteiger partial charge < -0.3 is 15.6 Å². The summed E-state index contributed by atoms with van der Waals surface area (Å²) in [7, 11) is 3.80. The third-order valence-electron chi connectivity index (χ3n) is 4.48. The number of hydrogen-bond acceptors (Lipinski definition) is 4. The van der Waals surface area contributed by atoms with Crippen LogP contribution in [0.4, 0.5) is 0 Å². The topological polar surface area (TPSA) is 58.7 Å². The van der Waals surface area contributed by atoms with Gasteiger partial charge in [-0.25, -0.2) is 0 Å².